The summed E-state index contributed by atoms with van der Waals surface area (Å²) in [5.74, 6) is -1.31. The van der Waals surface area contributed by atoms with Gasteiger partial charge in [0, 0.05) is 18.3 Å². The van der Waals surface area contributed by atoms with Crippen LogP contribution in [0.3, 0.4) is 0 Å². The predicted molar refractivity (Wildman–Crippen MR) is 113 cm³/mol. The second-order valence-electron chi connectivity index (χ2n) is 6.87. The minimum atomic E-state index is -3.85. The van der Waals surface area contributed by atoms with Crippen LogP contribution in [-0.2, 0) is 17.1 Å². The monoisotopic (exact) mass is 456 g/mol. The Labute approximate surface area is 176 Å². The predicted octanol–water partition coefficient (Wildman–Crippen LogP) is 3.47. The molecule has 3 aromatic rings. The Hall–Kier alpha value is -2.56. The van der Waals surface area contributed by atoms with Crippen molar-refractivity contribution in [3.05, 3.63) is 62.9 Å². The molecule has 1 unspecified atom stereocenters. The van der Waals surface area contributed by atoms with Gasteiger partial charge in [0.1, 0.15) is 12.0 Å². The molecule has 0 aliphatic carbocycles. The van der Waals surface area contributed by atoms with Gasteiger partial charge in [-0.3, -0.25) is 4.79 Å². The van der Waals surface area contributed by atoms with Crippen molar-refractivity contribution in [2.24, 2.45) is 12.2 Å². The molecule has 0 saturated heterocycles. The number of halogens is 3. The van der Waals surface area contributed by atoms with E-state index in [9.17, 15) is 22.0 Å². The summed E-state index contributed by atoms with van der Waals surface area (Å²) in [7, 11) is -2.28. The Morgan fingerprint density at radius 2 is 2.00 bits per heavy atom. The van der Waals surface area contributed by atoms with Crippen LogP contribution in [0.1, 0.15) is 23.7 Å². The second-order valence-corrected chi connectivity index (χ2v) is 8.98. The first-order chi connectivity index (χ1) is 14.0. The second kappa shape index (κ2) is 8.29. The maximum atomic E-state index is 14.6. The van der Waals surface area contributed by atoms with Crippen LogP contribution in [-0.4, -0.2) is 23.7 Å². The van der Waals surface area contributed by atoms with Gasteiger partial charge in [-0.15, -0.1) is 0 Å². The van der Waals surface area contributed by atoms with Crippen LogP contribution in [0.15, 0.2) is 35.4 Å². The van der Waals surface area contributed by atoms with Crippen LogP contribution in [0.2, 0.25) is 5.02 Å². The molecule has 7 nitrogen and oxygen atoms in total. The van der Waals surface area contributed by atoms with E-state index in [4.69, 9.17) is 16.7 Å². The lowest BCUT2D eigenvalue weighted by Crippen LogP contribution is -2.18. The Kier molecular flexibility index (Phi) is 6.11. The summed E-state index contributed by atoms with van der Waals surface area (Å²) in [6.45, 7) is 1.67. The van der Waals surface area contributed by atoms with Gasteiger partial charge in [-0.2, -0.15) is 0 Å². The molecule has 0 radical (unpaired) electrons. The molecule has 0 bridgehead atoms. The van der Waals surface area contributed by atoms with E-state index in [1.165, 1.54) is 10.9 Å². The number of sulfonamides is 1. The van der Waals surface area contributed by atoms with Gasteiger partial charge in [0.2, 0.25) is 10.0 Å². The van der Waals surface area contributed by atoms with Gasteiger partial charge in [-0.1, -0.05) is 17.7 Å². The zero-order valence-electron chi connectivity index (χ0n) is 16.1. The van der Waals surface area contributed by atoms with Crippen LogP contribution in [0.4, 0.5) is 20.2 Å². The Bertz CT molecular complexity index is 1300. The molecule has 3 rings (SSSR count). The highest BCUT2D eigenvalue weighted by atomic mass is 35.5. The summed E-state index contributed by atoms with van der Waals surface area (Å²) in [6, 6.07) is 5.40. The summed E-state index contributed by atoms with van der Waals surface area (Å²) >= 11 is 6.23. The number of nitrogens with zero attached hydrogens (tertiary/aromatic N) is 2. The lowest BCUT2D eigenvalue weighted by atomic mass is 10.1. The average molecular weight is 457 g/mol. The van der Waals surface area contributed by atoms with E-state index in [0.717, 1.165) is 12.1 Å². The SMILES string of the molecule is Cc1c(Nc2c(F)ccc(C(F)CCS(N)(=O)=O)c2Cl)ccc2ncn(C)c(=O)c12. The number of anilines is 2. The minimum absolute atomic E-state index is 0.0692. The zero-order valence-corrected chi connectivity index (χ0v) is 17.7. The lowest BCUT2D eigenvalue weighted by molar-refractivity contribution is 0.335. The molecular weight excluding hydrogens is 438 g/mol. The Morgan fingerprint density at radius 3 is 2.67 bits per heavy atom. The molecule has 0 aliphatic rings. The molecule has 1 atom stereocenters. The summed E-state index contributed by atoms with van der Waals surface area (Å²) in [4.78, 5) is 16.7. The molecule has 0 amide bonds. The van der Waals surface area contributed by atoms with Gasteiger partial charge in [0.05, 0.1) is 33.7 Å². The zero-order chi connectivity index (χ0) is 22.2. The smallest absolute Gasteiger partial charge is 0.261 e. The van der Waals surface area contributed by atoms with Crippen LogP contribution >= 0.6 is 11.6 Å². The Morgan fingerprint density at radius 1 is 1.30 bits per heavy atom. The molecule has 1 heterocycles. The average Bonchev–Trinajstić information content (AvgIpc) is 2.67. The molecule has 0 spiro atoms. The van der Waals surface area contributed by atoms with Gasteiger partial charge in [-0.05, 0) is 37.1 Å². The highest BCUT2D eigenvalue weighted by Gasteiger charge is 2.21. The number of aryl methyl sites for hydroxylation is 2. The number of nitrogens with one attached hydrogen (secondary N) is 1. The minimum Gasteiger partial charge on any atom is -0.352 e. The summed E-state index contributed by atoms with van der Waals surface area (Å²) < 4.78 is 52.5. The molecule has 0 fully saturated rings. The van der Waals surface area contributed by atoms with E-state index >= 15 is 0 Å². The van der Waals surface area contributed by atoms with Crippen LogP contribution in [0.25, 0.3) is 10.9 Å². The third-order valence-corrected chi connectivity index (χ3v) is 5.93. The van der Waals surface area contributed by atoms with Crippen molar-refractivity contribution in [2.45, 2.75) is 19.5 Å². The normalized spacial score (nSPS) is 12.9. The summed E-state index contributed by atoms with van der Waals surface area (Å²) in [5, 5.41) is 7.86. The van der Waals surface area contributed by atoms with Crippen molar-refractivity contribution in [3.63, 3.8) is 0 Å². The summed E-state index contributed by atoms with van der Waals surface area (Å²) in [5.41, 5.74) is 0.871. The van der Waals surface area contributed by atoms with Crippen LogP contribution in [0.5, 0.6) is 0 Å². The maximum absolute atomic E-state index is 14.6. The van der Waals surface area contributed by atoms with E-state index < -0.39 is 34.2 Å². The maximum Gasteiger partial charge on any atom is 0.261 e. The van der Waals surface area contributed by atoms with Gasteiger partial charge in [-0.25, -0.2) is 27.3 Å². The first kappa shape index (κ1) is 22.1. The van der Waals surface area contributed by atoms with E-state index in [1.807, 2.05) is 0 Å². The largest absolute Gasteiger partial charge is 0.352 e. The number of benzene rings is 2. The topological polar surface area (TPSA) is 107 Å². The first-order valence-corrected chi connectivity index (χ1v) is 10.9. The molecule has 0 aliphatic heterocycles. The van der Waals surface area contributed by atoms with Crippen molar-refractivity contribution in [2.75, 3.05) is 11.1 Å². The third kappa shape index (κ3) is 4.45. The highest BCUT2D eigenvalue weighted by molar-refractivity contribution is 7.89. The van der Waals surface area contributed by atoms with Crippen molar-refractivity contribution < 1.29 is 17.2 Å². The van der Waals surface area contributed by atoms with Crippen LogP contribution < -0.4 is 16.0 Å². The number of hydrogen-bond donors (Lipinski definition) is 2. The number of nitrogens with two attached hydrogens (primary N) is 1. The fourth-order valence-corrected chi connectivity index (χ4v) is 3.93. The summed E-state index contributed by atoms with van der Waals surface area (Å²) in [6.07, 6.45) is -0.772. The van der Waals surface area contributed by atoms with Gasteiger partial charge < -0.3 is 9.88 Å². The van der Waals surface area contributed by atoms with E-state index in [1.54, 1.807) is 26.1 Å². The van der Waals surface area contributed by atoms with Crippen molar-refractivity contribution in [1.82, 2.24) is 9.55 Å². The molecule has 0 saturated carbocycles. The molecular formula is C19H19ClF2N4O3S. The van der Waals surface area contributed by atoms with Crippen molar-refractivity contribution in [3.8, 4) is 0 Å². The van der Waals surface area contributed by atoms with E-state index in [-0.39, 0.29) is 21.8 Å². The number of primary sulfonamides is 1. The van der Waals surface area contributed by atoms with E-state index in [2.05, 4.69) is 10.3 Å². The Balaban J connectivity index is 2.02. The number of alkyl halides is 1. The van der Waals surface area contributed by atoms with Crippen molar-refractivity contribution >= 4 is 43.9 Å². The van der Waals surface area contributed by atoms with Gasteiger partial charge in [0.15, 0.2) is 0 Å². The number of hydrogen-bond acceptors (Lipinski definition) is 5. The number of aromatic nitrogens is 2. The molecule has 1 aromatic heterocycles. The molecule has 3 N–H and O–H groups in total. The molecule has 11 heteroatoms. The molecule has 2 aromatic carbocycles. The fraction of sp³-hybridized carbons (Fsp3) is 0.263. The fourth-order valence-electron chi connectivity index (χ4n) is 3.07. The van der Waals surface area contributed by atoms with Gasteiger partial charge in [0.25, 0.3) is 5.56 Å². The quantitative estimate of drug-likeness (QED) is 0.590. The standard InChI is InChI=1S/C19H19ClF2N4O3S/c1-10-14(5-6-15-16(10)19(27)26(2)9-24-15)25-18-13(22)4-3-11(17(18)20)12(21)7-8-30(23,28)29/h3-6,9,12,25H,7-8H2,1-2H3,(H2,23,28,29). The van der Waals surface area contributed by atoms with Gasteiger partial charge >= 0.3 is 0 Å². The molecule has 160 valence electrons. The molecule has 30 heavy (non-hydrogen) atoms. The number of fused-ring (bicyclic) bond motifs is 1. The highest BCUT2D eigenvalue weighted by Crippen LogP contribution is 2.38. The lowest BCUT2D eigenvalue weighted by Gasteiger charge is -2.17. The van der Waals surface area contributed by atoms with Crippen LogP contribution in [0, 0.1) is 12.7 Å². The van der Waals surface area contributed by atoms with E-state index in [0.29, 0.717) is 22.2 Å². The first-order valence-electron chi connectivity index (χ1n) is 8.84. The third-order valence-electron chi connectivity index (χ3n) is 4.72. The number of rotatable bonds is 6. The van der Waals surface area contributed by atoms with Crippen molar-refractivity contribution in [1.29, 1.82) is 0 Å².